The monoisotopic (exact) mass is 374 g/mol. The zero-order chi connectivity index (χ0) is 19.1. The van der Waals surface area contributed by atoms with Gasteiger partial charge in [0.05, 0.1) is 0 Å². The Kier molecular flexibility index (Phi) is 7.61. The number of likely N-dealkylation sites (tertiary alicyclic amines) is 1. The number of nitrogens with zero attached hydrogens (tertiary/aromatic N) is 4. The van der Waals surface area contributed by atoms with Crippen molar-refractivity contribution < 1.29 is 9.90 Å². The largest absolute Gasteiger partial charge is 0.396 e. The van der Waals surface area contributed by atoms with Gasteiger partial charge in [0.2, 0.25) is 5.91 Å². The summed E-state index contributed by atoms with van der Waals surface area (Å²) < 4.78 is 0. The van der Waals surface area contributed by atoms with Gasteiger partial charge in [0, 0.05) is 70.7 Å². The average molecular weight is 375 g/mol. The zero-order valence-corrected chi connectivity index (χ0v) is 16.6. The summed E-state index contributed by atoms with van der Waals surface area (Å²) in [6.07, 6.45) is 7.80. The van der Waals surface area contributed by atoms with E-state index >= 15 is 0 Å². The van der Waals surface area contributed by atoms with Gasteiger partial charge in [-0.3, -0.25) is 14.7 Å². The van der Waals surface area contributed by atoms with Crippen molar-refractivity contribution in [2.45, 2.75) is 38.1 Å². The summed E-state index contributed by atoms with van der Waals surface area (Å²) >= 11 is 0. The van der Waals surface area contributed by atoms with Crippen molar-refractivity contribution in [1.29, 1.82) is 0 Å². The Morgan fingerprint density at radius 1 is 1.26 bits per heavy atom. The Morgan fingerprint density at radius 3 is 2.78 bits per heavy atom. The number of aliphatic hydroxyl groups excluding tert-OH is 1. The lowest BCUT2D eigenvalue weighted by Gasteiger charge is -2.46. The van der Waals surface area contributed by atoms with Crippen molar-refractivity contribution >= 4 is 5.91 Å². The second-order valence-electron chi connectivity index (χ2n) is 8.02. The number of aliphatic hydroxyl groups is 1. The second kappa shape index (κ2) is 10.2. The van der Waals surface area contributed by atoms with Gasteiger partial charge in [0.1, 0.15) is 0 Å². The molecule has 0 saturated carbocycles. The standard InChI is InChI=1S/C21H34N4O2/c1-23-11-13-24(14-12-23)20-8-10-25(17-19(20)5-3-15-26)21(27)7-6-18-4-2-9-22-16-18/h2,4,9,16,19-20,26H,3,5-8,10-15,17H2,1H3/t19-,20+/m0/s1. The van der Waals surface area contributed by atoms with Crippen molar-refractivity contribution in [3.63, 3.8) is 0 Å². The minimum Gasteiger partial charge on any atom is -0.396 e. The Bertz CT molecular complexity index is 575. The van der Waals surface area contributed by atoms with Gasteiger partial charge in [-0.15, -0.1) is 0 Å². The predicted octanol–water partition coefficient (Wildman–Crippen LogP) is 1.25. The molecule has 2 aliphatic rings. The first-order chi connectivity index (χ1) is 13.2. The summed E-state index contributed by atoms with van der Waals surface area (Å²) in [7, 11) is 2.18. The molecular weight excluding hydrogens is 340 g/mol. The van der Waals surface area contributed by atoms with E-state index in [0.717, 1.165) is 70.5 Å². The highest BCUT2D eigenvalue weighted by Gasteiger charge is 2.35. The Hall–Kier alpha value is -1.50. The summed E-state index contributed by atoms with van der Waals surface area (Å²) in [4.78, 5) is 24.0. The molecular formula is C21H34N4O2. The van der Waals surface area contributed by atoms with Crippen LogP contribution in [0.2, 0.25) is 0 Å². The molecule has 150 valence electrons. The molecule has 3 heterocycles. The molecule has 6 heteroatoms. The molecule has 0 spiro atoms. The summed E-state index contributed by atoms with van der Waals surface area (Å²) in [6.45, 7) is 6.41. The van der Waals surface area contributed by atoms with Gasteiger partial charge >= 0.3 is 0 Å². The third-order valence-electron chi connectivity index (χ3n) is 6.14. The van der Waals surface area contributed by atoms with E-state index in [2.05, 4.69) is 26.7 Å². The highest BCUT2D eigenvalue weighted by Crippen LogP contribution is 2.27. The number of likely N-dealkylation sites (N-methyl/N-ethyl adjacent to an activating group) is 1. The summed E-state index contributed by atoms with van der Waals surface area (Å²) in [5.41, 5.74) is 1.12. The van der Waals surface area contributed by atoms with Crippen molar-refractivity contribution in [1.82, 2.24) is 19.7 Å². The van der Waals surface area contributed by atoms with Gasteiger partial charge in [-0.25, -0.2) is 0 Å². The van der Waals surface area contributed by atoms with E-state index < -0.39 is 0 Å². The number of pyridine rings is 1. The van der Waals surface area contributed by atoms with Gasteiger partial charge in [0.15, 0.2) is 0 Å². The molecule has 2 atom stereocenters. The van der Waals surface area contributed by atoms with Gasteiger partial charge in [0.25, 0.3) is 0 Å². The lowest BCUT2D eigenvalue weighted by molar-refractivity contribution is -0.134. The van der Waals surface area contributed by atoms with E-state index in [4.69, 9.17) is 0 Å². The molecule has 1 aromatic rings. The molecule has 0 aliphatic carbocycles. The fraction of sp³-hybridized carbons (Fsp3) is 0.714. The third kappa shape index (κ3) is 5.74. The molecule has 0 radical (unpaired) electrons. The maximum Gasteiger partial charge on any atom is 0.222 e. The number of hydrogen-bond acceptors (Lipinski definition) is 5. The lowest BCUT2D eigenvalue weighted by Crippen LogP contribution is -2.57. The Labute approximate surface area is 163 Å². The van der Waals surface area contributed by atoms with Crippen LogP contribution in [0.4, 0.5) is 0 Å². The van der Waals surface area contributed by atoms with Crippen molar-refractivity contribution in [3.8, 4) is 0 Å². The number of hydrogen-bond donors (Lipinski definition) is 1. The topological polar surface area (TPSA) is 59.9 Å². The van der Waals surface area contributed by atoms with Crippen LogP contribution in [0.1, 0.15) is 31.2 Å². The molecule has 3 rings (SSSR count). The van der Waals surface area contributed by atoms with Crippen LogP contribution in [0.3, 0.4) is 0 Å². The fourth-order valence-corrected chi connectivity index (χ4v) is 4.47. The number of rotatable bonds is 7. The molecule has 1 N–H and O–H groups in total. The van der Waals surface area contributed by atoms with Crippen LogP contribution in [-0.4, -0.2) is 89.7 Å². The molecule has 1 aromatic heterocycles. The number of piperidine rings is 1. The number of amides is 1. The fourth-order valence-electron chi connectivity index (χ4n) is 4.47. The van der Waals surface area contributed by atoms with Crippen molar-refractivity contribution in [3.05, 3.63) is 30.1 Å². The molecule has 6 nitrogen and oxygen atoms in total. The van der Waals surface area contributed by atoms with Crippen LogP contribution in [0.15, 0.2) is 24.5 Å². The Balaban J connectivity index is 1.55. The molecule has 0 bridgehead atoms. The number of piperazine rings is 1. The second-order valence-corrected chi connectivity index (χ2v) is 8.02. The van der Waals surface area contributed by atoms with Crippen LogP contribution in [-0.2, 0) is 11.2 Å². The average Bonchev–Trinajstić information content (AvgIpc) is 2.71. The van der Waals surface area contributed by atoms with Gasteiger partial charge < -0.3 is 14.9 Å². The van der Waals surface area contributed by atoms with E-state index in [9.17, 15) is 9.90 Å². The minimum atomic E-state index is 0.237. The first-order valence-corrected chi connectivity index (χ1v) is 10.4. The molecule has 0 unspecified atom stereocenters. The van der Waals surface area contributed by atoms with Crippen LogP contribution in [0.5, 0.6) is 0 Å². The molecule has 2 aliphatic heterocycles. The quantitative estimate of drug-likeness (QED) is 0.778. The predicted molar refractivity (Wildman–Crippen MR) is 106 cm³/mol. The number of carbonyl (C=O) groups excluding carboxylic acids is 1. The van der Waals surface area contributed by atoms with Crippen molar-refractivity contribution in [2.75, 3.05) is 52.9 Å². The highest BCUT2D eigenvalue weighted by atomic mass is 16.3. The number of carbonyl (C=O) groups is 1. The van der Waals surface area contributed by atoms with E-state index in [1.54, 1.807) is 6.20 Å². The third-order valence-corrected chi connectivity index (χ3v) is 6.14. The maximum atomic E-state index is 12.8. The zero-order valence-electron chi connectivity index (χ0n) is 16.6. The maximum absolute atomic E-state index is 12.8. The summed E-state index contributed by atoms with van der Waals surface area (Å²) in [5, 5.41) is 9.31. The lowest BCUT2D eigenvalue weighted by atomic mass is 9.86. The highest BCUT2D eigenvalue weighted by molar-refractivity contribution is 5.76. The van der Waals surface area contributed by atoms with Gasteiger partial charge in [-0.2, -0.15) is 0 Å². The first-order valence-electron chi connectivity index (χ1n) is 10.4. The summed E-state index contributed by atoms with van der Waals surface area (Å²) in [5.74, 6) is 0.723. The molecule has 0 aromatic carbocycles. The minimum absolute atomic E-state index is 0.237. The van der Waals surface area contributed by atoms with Crippen LogP contribution in [0, 0.1) is 5.92 Å². The summed E-state index contributed by atoms with van der Waals surface area (Å²) in [6, 6.07) is 4.50. The van der Waals surface area contributed by atoms with Gasteiger partial charge in [-0.05, 0) is 50.3 Å². The van der Waals surface area contributed by atoms with E-state index in [1.165, 1.54) is 0 Å². The first kappa shape index (κ1) is 20.2. The molecule has 2 fully saturated rings. The van der Waals surface area contributed by atoms with Gasteiger partial charge in [-0.1, -0.05) is 6.07 Å². The molecule has 2 saturated heterocycles. The van der Waals surface area contributed by atoms with E-state index in [0.29, 0.717) is 18.4 Å². The molecule has 1 amide bonds. The molecule has 27 heavy (non-hydrogen) atoms. The number of aromatic nitrogens is 1. The Morgan fingerprint density at radius 2 is 2.07 bits per heavy atom. The number of aryl methyl sites for hydroxylation is 1. The van der Waals surface area contributed by atoms with E-state index in [-0.39, 0.29) is 12.5 Å². The normalized spacial score (nSPS) is 24.9. The van der Waals surface area contributed by atoms with Crippen LogP contribution in [0.25, 0.3) is 0 Å². The smallest absolute Gasteiger partial charge is 0.222 e. The van der Waals surface area contributed by atoms with Crippen LogP contribution < -0.4 is 0 Å². The van der Waals surface area contributed by atoms with Crippen LogP contribution >= 0.6 is 0 Å². The van der Waals surface area contributed by atoms with Crippen molar-refractivity contribution in [2.24, 2.45) is 5.92 Å². The van der Waals surface area contributed by atoms with E-state index in [1.807, 2.05) is 18.3 Å². The SMILES string of the molecule is CN1CCN([C@@H]2CCN(C(=O)CCc3cccnc3)C[C@@H]2CCCO)CC1.